The molecule has 1 aliphatic rings. The van der Waals surface area contributed by atoms with Crippen LogP contribution in [-0.4, -0.2) is 11.8 Å². The normalized spacial score (nSPS) is 23.7. The first kappa shape index (κ1) is 18.0. The largest absolute Gasteiger partial charge is 0.273 e. The van der Waals surface area contributed by atoms with Gasteiger partial charge in [0.25, 0.3) is 0 Å². The Morgan fingerprint density at radius 3 is 2.24 bits per heavy atom. The molecule has 0 radical (unpaired) electrons. The fourth-order valence-electron chi connectivity index (χ4n) is 3.03. The summed E-state index contributed by atoms with van der Waals surface area (Å²) in [6.45, 7) is 6.47. The number of unbranched alkanes of at least 4 members (excludes halogenated alkanes) is 5. The van der Waals surface area contributed by atoms with E-state index < -0.39 is 0 Å². The molecule has 3 unspecified atom stereocenters. The van der Waals surface area contributed by atoms with E-state index in [1.54, 1.807) is 0 Å². The van der Waals surface area contributed by atoms with Crippen molar-refractivity contribution in [2.75, 3.05) is 0 Å². The Bertz CT molecular complexity index is 331. The highest BCUT2D eigenvalue weighted by Crippen LogP contribution is 2.49. The second-order valence-electron chi connectivity index (χ2n) is 6.39. The molecule has 0 saturated heterocycles. The van der Waals surface area contributed by atoms with Crippen LogP contribution in [0.2, 0.25) is 0 Å². The molecule has 0 spiro atoms. The number of hydrogen-bond acceptors (Lipinski definition) is 2. The molecule has 3 atom stereocenters. The molecule has 122 valence electrons. The molecule has 4 nitrogen and oxygen atoms in total. The lowest BCUT2D eigenvalue weighted by atomic mass is 10.1. The summed E-state index contributed by atoms with van der Waals surface area (Å²) in [4.78, 5) is 23.6. The highest BCUT2D eigenvalue weighted by molar-refractivity contribution is 5.85. The second kappa shape index (κ2) is 9.80. The van der Waals surface area contributed by atoms with Gasteiger partial charge >= 0.3 is 0 Å². The summed E-state index contributed by atoms with van der Waals surface area (Å²) in [6, 6.07) is 0. The van der Waals surface area contributed by atoms with Gasteiger partial charge in [0.15, 0.2) is 0 Å². The van der Waals surface area contributed by atoms with Crippen LogP contribution in [0, 0.1) is 17.8 Å². The smallest absolute Gasteiger partial charge is 0.242 e. The van der Waals surface area contributed by atoms with Crippen molar-refractivity contribution in [2.45, 2.75) is 78.6 Å². The molecule has 2 amide bonds. The molecule has 4 heteroatoms. The maximum absolute atomic E-state index is 12.0. The van der Waals surface area contributed by atoms with E-state index in [-0.39, 0.29) is 17.7 Å². The van der Waals surface area contributed by atoms with Crippen molar-refractivity contribution in [3.63, 3.8) is 0 Å². The number of nitrogens with one attached hydrogen (secondary N) is 2. The van der Waals surface area contributed by atoms with Crippen LogP contribution in [0.3, 0.4) is 0 Å². The van der Waals surface area contributed by atoms with E-state index in [1.807, 2.05) is 0 Å². The zero-order chi connectivity index (χ0) is 15.7. The minimum absolute atomic E-state index is 0.0112. The Morgan fingerprint density at radius 2 is 1.57 bits per heavy atom. The van der Waals surface area contributed by atoms with Crippen LogP contribution in [0.4, 0.5) is 0 Å². The Labute approximate surface area is 129 Å². The van der Waals surface area contributed by atoms with Gasteiger partial charge in [0.05, 0.1) is 0 Å². The van der Waals surface area contributed by atoms with E-state index >= 15 is 0 Å². The van der Waals surface area contributed by atoms with Crippen LogP contribution in [0.15, 0.2) is 0 Å². The number of hydrogen-bond donors (Lipinski definition) is 2. The van der Waals surface area contributed by atoms with Crippen molar-refractivity contribution in [1.29, 1.82) is 0 Å². The minimum atomic E-state index is -0.0711. The number of carbonyl (C=O) groups is 2. The summed E-state index contributed by atoms with van der Waals surface area (Å²) < 4.78 is 0. The molecule has 0 aromatic carbocycles. The lowest BCUT2D eigenvalue weighted by molar-refractivity contribution is -0.130. The van der Waals surface area contributed by atoms with Gasteiger partial charge in [0, 0.05) is 12.3 Å². The topological polar surface area (TPSA) is 58.2 Å². The van der Waals surface area contributed by atoms with Gasteiger partial charge < -0.3 is 0 Å². The molecule has 0 bridgehead atoms. The number of carbonyl (C=O) groups excluding carboxylic acids is 2. The van der Waals surface area contributed by atoms with Crippen molar-refractivity contribution in [2.24, 2.45) is 17.8 Å². The molecule has 0 aromatic rings. The van der Waals surface area contributed by atoms with E-state index in [1.165, 1.54) is 32.1 Å². The highest BCUT2D eigenvalue weighted by atomic mass is 16.2. The fraction of sp³-hybridized carbons (Fsp3) is 0.882. The van der Waals surface area contributed by atoms with Crippen molar-refractivity contribution in [3.05, 3.63) is 0 Å². The SMILES string of the molecule is CCCCCCCC(=O)NNC(=O)C1C(C)C1CCCC. The first-order chi connectivity index (χ1) is 10.1. The predicted molar refractivity (Wildman–Crippen MR) is 85.3 cm³/mol. The third-order valence-electron chi connectivity index (χ3n) is 4.59. The predicted octanol–water partition coefficient (Wildman–Crippen LogP) is 3.57. The van der Waals surface area contributed by atoms with Gasteiger partial charge in [-0.25, -0.2) is 0 Å². The number of rotatable bonds is 10. The van der Waals surface area contributed by atoms with Gasteiger partial charge in [0.1, 0.15) is 0 Å². The van der Waals surface area contributed by atoms with Crippen LogP contribution < -0.4 is 10.9 Å². The van der Waals surface area contributed by atoms with E-state index in [2.05, 4.69) is 31.6 Å². The molecule has 0 aliphatic heterocycles. The molecular weight excluding hydrogens is 264 g/mol. The molecule has 1 aliphatic carbocycles. The van der Waals surface area contributed by atoms with Gasteiger partial charge in [-0.05, 0) is 24.7 Å². The molecule has 21 heavy (non-hydrogen) atoms. The summed E-state index contributed by atoms with van der Waals surface area (Å²) >= 11 is 0. The molecule has 0 aromatic heterocycles. The molecule has 1 fully saturated rings. The van der Waals surface area contributed by atoms with Gasteiger partial charge in [-0.15, -0.1) is 0 Å². The zero-order valence-electron chi connectivity index (χ0n) is 13.9. The molecule has 0 heterocycles. The third kappa shape index (κ3) is 6.49. The first-order valence-corrected chi connectivity index (χ1v) is 8.70. The van der Waals surface area contributed by atoms with Crippen molar-refractivity contribution >= 4 is 11.8 Å². The van der Waals surface area contributed by atoms with Crippen molar-refractivity contribution < 1.29 is 9.59 Å². The van der Waals surface area contributed by atoms with E-state index in [9.17, 15) is 9.59 Å². The van der Waals surface area contributed by atoms with Crippen LogP contribution in [0.5, 0.6) is 0 Å². The maximum atomic E-state index is 12.0. The molecular formula is C17H32N2O2. The van der Waals surface area contributed by atoms with E-state index in [4.69, 9.17) is 0 Å². The average Bonchev–Trinajstić information content (AvgIpc) is 3.12. The van der Waals surface area contributed by atoms with E-state index in [0.717, 1.165) is 19.3 Å². The lowest BCUT2D eigenvalue weighted by Gasteiger charge is -2.07. The van der Waals surface area contributed by atoms with Gasteiger partial charge in [-0.3, -0.25) is 20.4 Å². The average molecular weight is 296 g/mol. The molecule has 1 saturated carbocycles. The highest BCUT2D eigenvalue weighted by Gasteiger charge is 2.50. The third-order valence-corrected chi connectivity index (χ3v) is 4.59. The summed E-state index contributed by atoms with van der Waals surface area (Å²) in [5.74, 6) is 0.987. The number of hydrazine groups is 1. The van der Waals surface area contributed by atoms with Crippen LogP contribution in [0.25, 0.3) is 0 Å². The van der Waals surface area contributed by atoms with Crippen molar-refractivity contribution in [3.8, 4) is 0 Å². The Kier molecular flexibility index (Phi) is 8.40. The Balaban J connectivity index is 2.09. The van der Waals surface area contributed by atoms with Crippen molar-refractivity contribution in [1.82, 2.24) is 10.9 Å². The lowest BCUT2D eigenvalue weighted by Crippen LogP contribution is -2.42. The van der Waals surface area contributed by atoms with Crippen LogP contribution >= 0.6 is 0 Å². The Hall–Kier alpha value is -1.06. The second-order valence-corrected chi connectivity index (χ2v) is 6.39. The van der Waals surface area contributed by atoms with Gasteiger partial charge in [-0.2, -0.15) is 0 Å². The standard InChI is InChI=1S/C17H32N2O2/c1-4-6-8-9-10-12-15(20)18-19-17(21)16-13(3)14(16)11-7-5-2/h13-14,16H,4-12H2,1-3H3,(H,18,20)(H,19,21). The number of amides is 2. The quantitative estimate of drug-likeness (QED) is 0.478. The zero-order valence-corrected chi connectivity index (χ0v) is 13.9. The fourth-order valence-corrected chi connectivity index (χ4v) is 3.03. The van der Waals surface area contributed by atoms with Crippen LogP contribution in [-0.2, 0) is 9.59 Å². The van der Waals surface area contributed by atoms with Gasteiger partial charge in [0.2, 0.25) is 11.8 Å². The molecule has 1 rings (SSSR count). The van der Waals surface area contributed by atoms with E-state index in [0.29, 0.717) is 18.3 Å². The summed E-state index contributed by atoms with van der Waals surface area (Å²) in [5, 5.41) is 0. The van der Waals surface area contributed by atoms with Crippen LogP contribution in [0.1, 0.15) is 78.6 Å². The summed E-state index contributed by atoms with van der Waals surface area (Å²) in [6.07, 6.45) is 9.61. The minimum Gasteiger partial charge on any atom is -0.273 e. The summed E-state index contributed by atoms with van der Waals surface area (Å²) in [5.41, 5.74) is 5.15. The molecule has 2 N–H and O–H groups in total. The summed E-state index contributed by atoms with van der Waals surface area (Å²) in [7, 11) is 0. The van der Waals surface area contributed by atoms with Gasteiger partial charge in [-0.1, -0.05) is 59.3 Å². The first-order valence-electron chi connectivity index (χ1n) is 8.70. The maximum Gasteiger partial charge on any atom is 0.242 e. The monoisotopic (exact) mass is 296 g/mol. The Morgan fingerprint density at radius 1 is 0.905 bits per heavy atom.